The van der Waals surface area contributed by atoms with Gasteiger partial charge in [-0.05, 0) is 75.2 Å². The molecule has 410 valence electrons. The maximum absolute atomic E-state index is 12.8. The van der Waals surface area contributed by atoms with Crippen LogP contribution in [0.25, 0.3) is 0 Å². The second kappa shape index (κ2) is 27.4. The molecule has 0 aromatic rings. The minimum atomic E-state index is -5.93. The molecule has 5 atom stereocenters. The second-order valence-corrected chi connectivity index (χ2v) is 15.7. The monoisotopic (exact) mass is 1050 g/mol. The number of halogens is 18. The van der Waals surface area contributed by atoms with Crippen LogP contribution >= 0.6 is 0 Å². The Balaban J connectivity index is -0.000000179. The van der Waals surface area contributed by atoms with Gasteiger partial charge in [-0.3, -0.25) is 9.59 Å². The van der Waals surface area contributed by atoms with Gasteiger partial charge in [0.15, 0.2) is 11.2 Å². The molecule has 0 rings (SSSR count). The number of aliphatic hydroxyl groups is 2. The van der Waals surface area contributed by atoms with E-state index in [1.165, 1.54) is 27.7 Å². The lowest BCUT2D eigenvalue weighted by Crippen LogP contribution is -2.49. The van der Waals surface area contributed by atoms with E-state index in [9.17, 15) is 103 Å². The Bertz CT molecular complexity index is 1560. The minimum absolute atomic E-state index is 0. The predicted octanol–water partition coefficient (Wildman–Crippen LogP) is 12.8. The van der Waals surface area contributed by atoms with Crippen LogP contribution in [0.15, 0.2) is 24.3 Å². The maximum Gasteiger partial charge on any atom is 0.434 e. The van der Waals surface area contributed by atoms with Crippen LogP contribution in [0.2, 0.25) is 0 Å². The minimum Gasteiger partial charge on any atom is -0.462 e. The Hall–Kier alpha value is -3.98. The van der Waals surface area contributed by atoms with Crippen molar-refractivity contribution in [3.8, 4) is 0 Å². The van der Waals surface area contributed by atoms with Crippen LogP contribution in [-0.4, -0.2) is 107 Å². The van der Waals surface area contributed by atoms with E-state index in [1.807, 2.05) is 0 Å². The van der Waals surface area contributed by atoms with E-state index in [4.69, 9.17) is 9.84 Å². The largest absolute Gasteiger partial charge is 0.462 e. The molecule has 68 heavy (non-hydrogen) atoms. The number of ether oxygens (including phenoxy) is 4. The quantitative estimate of drug-likeness (QED) is 0.0703. The first-order chi connectivity index (χ1) is 27.7. The van der Waals surface area contributed by atoms with E-state index < -0.39 is 132 Å². The SMILES string of the molecule is C.C.C.C.C=C(C)C(=O)OC(C(F)(F)F)C(F)(F)F.C=C(C)C(=O)OC(C)CC(C)(O)C(F)(F)F.CCC(C)(CC(C)(C)C(=O)OC(C(F)(F)F)C(F)(F)F)C(=O)OC(C)CC(C)(O)C(F)(F)F. The molecule has 5 unspecified atom stereocenters. The lowest BCUT2D eigenvalue weighted by Gasteiger charge is -2.36. The van der Waals surface area contributed by atoms with Gasteiger partial charge in [-0.15, -0.1) is 0 Å². The molecule has 0 aliphatic carbocycles. The first kappa shape index (κ1) is 78.2. The fourth-order valence-corrected chi connectivity index (χ4v) is 4.54. The molecule has 0 spiro atoms. The predicted molar refractivity (Wildman–Crippen MR) is 211 cm³/mol. The summed E-state index contributed by atoms with van der Waals surface area (Å²) in [4.78, 5) is 46.3. The topological polar surface area (TPSA) is 146 Å². The van der Waals surface area contributed by atoms with Crippen LogP contribution in [0, 0.1) is 10.8 Å². The summed E-state index contributed by atoms with van der Waals surface area (Å²) in [5.74, 6) is -5.55. The fraction of sp³-hybridized carbons (Fsp3) is 0.800. The zero-order chi connectivity index (χ0) is 52.4. The van der Waals surface area contributed by atoms with Crippen molar-refractivity contribution in [2.24, 2.45) is 10.8 Å². The van der Waals surface area contributed by atoms with E-state index in [2.05, 4.69) is 27.4 Å². The van der Waals surface area contributed by atoms with E-state index >= 15 is 0 Å². The van der Waals surface area contributed by atoms with Gasteiger partial charge in [-0.25, -0.2) is 9.59 Å². The van der Waals surface area contributed by atoms with E-state index in [0.717, 1.165) is 27.7 Å². The van der Waals surface area contributed by atoms with Crippen LogP contribution in [0.3, 0.4) is 0 Å². The van der Waals surface area contributed by atoms with Gasteiger partial charge in [0.2, 0.25) is 0 Å². The lowest BCUT2D eigenvalue weighted by atomic mass is 9.72. The molecule has 10 nitrogen and oxygen atoms in total. The fourth-order valence-electron chi connectivity index (χ4n) is 4.54. The maximum atomic E-state index is 12.8. The molecular formula is C40H64F18O10. The van der Waals surface area contributed by atoms with Crippen molar-refractivity contribution >= 4 is 23.9 Å². The van der Waals surface area contributed by atoms with Crippen molar-refractivity contribution in [3.63, 3.8) is 0 Å². The summed E-state index contributed by atoms with van der Waals surface area (Å²) in [5.41, 5.74) is -10.2. The van der Waals surface area contributed by atoms with Crippen molar-refractivity contribution in [1.82, 2.24) is 0 Å². The highest BCUT2D eigenvalue weighted by atomic mass is 19.4. The number of hydrogen-bond acceptors (Lipinski definition) is 10. The van der Waals surface area contributed by atoms with Crippen molar-refractivity contribution in [2.75, 3.05) is 0 Å². The summed E-state index contributed by atoms with van der Waals surface area (Å²) < 4.78 is 239. The molecule has 0 amide bonds. The average molecular weight is 1050 g/mol. The molecule has 0 heterocycles. The smallest absolute Gasteiger partial charge is 0.434 e. The summed E-state index contributed by atoms with van der Waals surface area (Å²) in [6.07, 6.45) is -46.5. The summed E-state index contributed by atoms with van der Waals surface area (Å²) in [7, 11) is 0. The van der Waals surface area contributed by atoms with Crippen LogP contribution in [0.1, 0.15) is 125 Å². The first-order valence-corrected chi connectivity index (χ1v) is 17.7. The van der Waals surface area contributed by atoms with Crippen molar-refractivity contribution in [1.29, 1.82) is 0 Å². The molecule has 2 N–H and O–H groups in total. The lowest BCUT2D eigenvalue weighted by molar-refractivity contribution is -0.315. The van der Waals surface area contributed by atoms with E-state index in [0.29, 0.717) is 13.8 Å². The molecule has 0 radical (unpaired) electrons. The number of carbonyl (C=O) groups is 4. The Kier molecular flexibility index (Phi) is 31.5. The van der Waals surface area contributed by atoms with Crippen molar-refractivity contribution in [2.45, 2.75) is 197 Å². The molecule has 0 aromatic carbocycles. The van der Waals surface area contributed by atoms with Crippen molar-refractivity contribution in [3.05, 3.63) is 24.3 Å². The molecule has 0 aliphatic rings. The highest BCUT2D eigenvalue weighted by Crippen LogP contribution is 2.43. The number of alkyl halides is 18. The van der Waals surface area contributed by atoms with E-state index in [-0.39, 0.29) is 41.7 Å². The molecule has 0 saturated heterocycles. The summed E-state index contributed by atoms with van der Waals surface area (Å²) >= 11 is 0. The first-order valence-electron chi connectivity index (χ1n) is 17.7. The third-order valence-corrected chi connectivity index (χ3v) is 8.20. The summed E-state index contributed by atoms with van der Waals surface area (Å²) in [6, 6.07) is 0. The van der Waals surface area contributed by atoms with Gasteiger partial charge in [0, 0.05) is 24.0 Å². The highest BCUT2D eigenvalue weighted by molar-refractivity contribution is 5.87. The van der Waals surface area contributed by atoms with Crippen molar-refractivity contribution < 1.29 is 127 Å². The summed E-state index contributed by atoms with van der Waals surface area (Å²) in [5, 5.41) is 18.6. The number of carbonyl (C=O) groups excluding carboxylic acids is 4. The zero-order valence-electron chi connectivity index (χ0n) is 35.5. The molecular weight excluding hydrogens is 982 g/mol. The Morgan fingerprint density at radius 1 is 0.485 bits per heavy atom. The number of esters is 4. The van der Waals surface area contributed by atoms with Gasteiger partial charge in [0.25, 0.3) is 12.2 Å². The molecule has 0 saturated carbocycles. The Morgan fingerprint density at radius 2 is 0.750 bits per heavy atom. The van der Waals surface area contributed by atoms with E-state index in [1.54, 1.807) is 0 Å². The average Bonchev–Trinajstić information content (AvgIpc) is 3.02. The second-order valence-electron chi connectivity index (χ2n) is 15.7. The van der Waals surface area contributed by atoms with Gasteiger partial charge >= 0.3 is 60.9 Å². The normalized spacial score (nSPS) is 15.8. The molecule has 0 bridgehead atoms. The van der Waals surface area contributed by atoms with Gasteiger partial charge in [-0.1, -0.05) is 49.8 Å². The van der Waals surface area contributed by atoms with Crippen LogP contribution in [-0.2, 0) is 38.1 Å². The van der Waals surface area contributed by atoms with Crippen LogP contribution in [0.4, 0.5) is 79.0 Å². The Morgan fingerprint density at radius 3 is 1.00 bits per heavy atom. The van der Waals surface area contributed by atoms with Gasteiger partial charge < -0.3 is 29.2 Å². The highest BCUT2D eigenvalue weighted by Gasteiger charge is 2.62. The summed E-state index contributed by atoms with van der Waals surface area (Å²) in [6.45, 7) is 16.4. The molecule has 0 aliphatic heterocycles. The third-order valence-electron chi connectivity index (χ3n) is 8.20. The third kappa shape index (κ3) is 26.7. The standard InChI is InChI=1S/C19H27F9O5.C10H15F3O3.C7H6F6O2.4CH4/c1-7-15(5,13(30)32-10(2)8-16(6,31)19(26,27)28)9-14(3,4)12(29)33-11(17(20,21)22)18(23,24)25;1-6(2)8(14)16-7(3)5-9(4,15)10(11,12)13;1-3(2)4(14)15-5(6(8,9)10)7(11,12)13;;;;/h10-11,31H,7-9H2,1-6H3;7,15H,1,5H2,2-4H3;5H,1H2,2H3;4*1H4. The zero-order valence-corrected chi connectivity index (χ0v) is 35.5. The number of hydrogen-bond donors (Lipinski definition) is 2. The van der Waals surface area contributed by atoms with Gasteiger partial charge in [0.1, 0.15) is 12.2 Å². The van der Waals surface area contributed by atoms with Gasteiger partial charge in [-0.2, -0.15) is 79.0 Å². The Labute approximate surface area is 383 Å². The van der Waals surface area contributed by atoms with Crippen LogP contribution < -0.4 is 0 Å². The molecule has 28 heteroatoms. The molecule has 0 fully saturated rings. The number of rotatable bonds is 15. The van der Waals surface area contributed by atoms with Crippen LogP contribution in [0.5, 0.6) is 0 Å². The van der Waals surface area contributed by atoms with Gasteiger partial charge in [0.05, 0.1) is 10.8 Å². The molecule has 0 aromatic heterocycles.